The van der Waals surface area contributed by atoms with Crippen molar-refractivity contribution >= 4 is 28.9 Å². The zero-order chi connectivity index (χ0) is 14.2. The molecule has 19 heavy (non-hydrogen) atoms. The molecule has 0 bridgehead atoms. The molecule has 2 unspecified atom stereocenters. The van der Waals surface area contributed by atoms with Crippen LogP contribution in [0.15, 0.2) is 0 Å². The number of hydrogen-bond donors (Lipinski definition) is 0. The van der Waals surface area contributed by atoms with Crippen LogP contribution in [-0.4, -0.2) is 12.0 Å². The summed E-state index contributed by atoms with van der Waals surface area (Å²) < 4.78 is 5.75. The molecule has 0 aliphatic carbocycles. The molecule has 0 fully saturated rings. The molecule has 0 radical (unpaired) electrons. The standard InChI is InChI=1S/C12H27O3PS2.Zn/c1-5-7-8-11(6-2)9-15-12(10(3)4)18-16(13,14)17;/h10-12H,5-9H2,1-4H3,(H2,13,14,17);/q;+2/p-2. The summed E-state index contributed by atoms with van der Waals surface area (Å²) in [5.74, 6) is 0.659. The van der Waals surface area contributed by atoms with E-state index in [1.807, 2.05) is 13.8 Å². The monoisotopic (exact) mass is 376 g/mol. The van der Waals surface area contributed by atoms with Gasteiger partial charge in [-0.2, -0.15) is 5.69 Å². The molecule has 0 rings (SSSR count). The average molecular weight is 378 g/mol. The SMILES string of the molecule is CCCCC(CC)COC(SP([O-])([O-])=S)C(C)C.[Zn+2]. The van der Waals surface area contributed by atoms with Crippen LogP contribution < -0.4 is 9.79 Å². The molecule has 0 spiro atoms. The van der Waals surface area contributed by atoms with Crippen LogP contribution in [-0.2, 0) is 36.0 Å². The Morgan fingerprint density at radius 2 is 1.84 bits per heavy atom. The maximum atomic E-state index is 11.2. The smallest absolute Gasteiger partial charge is 0.825 e. The molecule has 0 saturated heterocycles. The van der Waals surface area contributed by atoms with Gasteiger partial charge >= 0.3 is 19.5 Å². The van der Waals surface area contributed by atoms with Crippen molar-refractivity contribution in [3.05, 3.63) is 0 Å². The van der Waals surface area contributed by atoms with Crippen LogP contribution in [0.25, 0.3) is 0 Å². The van der Waals surface area contributed by atoms with Crippen LogP contribution in [0, 0.1) is 11.8 Å². The minimum absolute atomic E-state index is 0. The Hall–Kier alpha value is 1.50. The van der Waals surface area contributed by atoms with Gasteiger partial charge in [-0.25, -0.2) is 0 Å². The summed E-state index contributed by atoms with van der Waals surface area (Å²) in [7, 11) is 0. The molecular weight excluding hydrogens is 353 g/mol. The van der Waals surface area contributed by atoms with Gasteiger partial charge in [-0.05, 0) is 18.3 Å². The predicted molar refractivity (Wildman–Crippen MR) is 79.8 cm³/mol. The van der Waals surface area contributed by atoms with Crippen LogP contribution in [0.5, 0.6) is 0 Å². The van der Waals surface area contributed by atoms with E-state index < -0.39 is 5.69 Å². The van der Waals surface area contributed by atoms with Crippen LogP contribution in [0.2, 0.25) is 0 Å². The van der Waals surface area contributed by atoms with Gasteiger partial charge in [0.25, 0.3) is 0 Å². The number of rotatable bonds is 10. The first-order chi connectivity index (χ1) is 8.30. The molecule has 0 aromatic rings. The molecule has 0 amide bonds. The van der Waals surface area contributed by atoms with E-state index in [1.165, 1.54) is 12.8 Å². The third-order valence-corrected chi connectivity index (χ3v) is 6.14. The van der Waals surface area contributed by atoms with Gasteiger partial charge in [-0.3, -0.25) is 0 Å². The second-order valence-electron chi connectivity index (χ2n) is 4.91. The third kappa shape index (κ3) is 12.9. The maximum Gasteiger partial charge on any atom is 2.00 e. The van der Waals surface area contributed by atoms with Gasteiger partial charge in [0.2, 0.25) is 0 Å². The van der Waals surface area contributed by atoms with Crippen LogP contribution in [0.3, 0.4) is 0 Å². The molecule has 3 nitrogen and oxygen atoms in total. The van der Waals surface area contributed by atoms with Crippen LogP contribution in [0.1, 0.15) is 53.4 Å². The van der Waals surface area contributed by atoms with Gasteiger partial charge in [0.15, 0.2) is 0 Å². The molecule has 0 aromatic heterocycles. The second-order valence-corrected chi connectivity index (χ2v) is 10.7. The topological polar surface area (TPSA) is 55.3 Å². The molecular formula is C12H25O3PS2Zn. The average Bonchev–Trinajstić information content (AvgIpc) is 2.25. The summed E-state index contributed by atoms with van der Waals surface area (Å²) >= 11 is 5.22. The summed E-state index contributed by atoms with van der Waals surface area (Å²) in [4.78, 5) is 22.3. The van der Waals surface area contributed by atoms with Gasteiger partial charge in [0, 0.05) is 0 Å². The van der Waals surface area contributed by atoms with E-state index >= 15 is 0 Å². The molecule has 7 heteroatoms. The van der Waals surface area contributed by atoms with E-state index in [2.05, 4.69) is 25.7 Å². The molecule has 0 N–H and O–H groups in total. The molecule has 0 aliphatic rings. The second kappa shape index (κ2) is 12.1. The van der Waals surface area contributed by atoms with E-state index in [0.717, 1.165) is 24.2 Å². The minimum Gasteiger partial charge on any atom is -0.825 e. The Kier molecular flexibility index (Phi) is 14.5. The van der Waals surface area contributed by atoms with Gasteiger partial charge < -0.3 is 14.5 Å². The minimum atomic E-state index is -3.74. The van der Waals surface area contributed by atoms with Crippen molar-refractivity contribution in [1.29, 1.82) is 0 Å². The summed E-state index contributed by atoms with van der Waals surface area (Å²) in [6, 6.07) is 0. The Bertz CT molecular complexity index is 261. The Morgan fingerprint density at radius 3 is 2.21 bits per heavy atom. The largest absolute Gasteiger partial charge is 2.00 e. The normalized spacial score (nSPS) is 15.1. The predicted octanol–water partition coefficient (Wildman–Crippen LogP) is 2.88. The number of unbranched alkanes of at least 4 members (excludes halogenated alkanes) is 1. The maximum absolute atomic E-state index is 11.2. The van der Waals surface area contributed by atoms with Gasteiger partial charge in [0.1, 0.15) is 5.44 Å². The molecule has 0 aromatic carbocycles. The van der Waals surface area contributed by atoms with E-state index in [9.17, 15) is 9.79 Å². The van der Waals surface area contributed by atoms with Gasteiger partial charge in [-0.1, -0.05) is 47.0 Å². The van der Waals surface area contributed by atoms with E-state index in [1.54, 1.807) is 0 Å². The van der Waals surface area contributed by atoms with Crippen molar-refractivity contribution in [3.63, 3.8) is 0 Å². The quantitative estimate of drug-likeness (QED) is 0.333. The summed E-state index contributed by atoms with van der Waals surface area (Å²) in [6.45, 7) is 8.85. The first-order valence-corrected chi connectivity index (χ1v) is 10.7. The van der Waals surface area contributed by atoms with Crippen molar-refractivity contribution in [1.82, 2.24) is 0 Å². The van der Waals surface area contributed by atoms with E-state index in [-0.39, 0.29) is 30.8 Å². The first kappa shape index (κ1) is 22.8. The fraction of sp³-hybridized carbons (Fsp3) is 1.00. The fourth-order valence-electron chi connectivity index (χ4n) is 1.60. The van der Waals surface area contributed by atoms with E-state index in [4.69, 9.17) is 4.74 Å². The molecule has 110 valence electrons. The summed E-state index contributed by atoms with van der Waals surface area (Å²) in [5.41, 5.74) is -4.09. The molecule has 0 heterocycles. The fourth-order valence-corrected chi connectivity index (χ4v) is 4.68. The van der Waals surface area contributed by atoms with Gasteiger partial charge in [0.05, 0.1) is 6.61 Å². The Labute approximate surface area is 140 Å². The van der Waals surface area contributed by atoms with Crippen molar-refractivity contribution < 1.29 is 34.0 Å². The number of ether oxygens (including phenoxy) is 1. The Balaban J connectivity index is 0. The first-order valence-electron chi connectivity index (χ1n) is 6.62. The molecule has 0 saturated carbocycles. The van der Waals surface area contributed by atoms with Crippen LogP contribution >= 0.6 is 17.1 Å². The van der Waals surface area contributed by atoms with E-state index in [0.29, 0.717) is 12.5 Å². The summed E-state index contributed by atoms with van der Waals surface area (Å²) in [5, 5.41) is 0. The molecule has 2 atom stereocenters. The molecule has 0 aliphatic heterocycles. The zero-order valence-electron chi connectivity index (χ0n) is 12.5. The van der Waals surface area contributed by atoms with Crippen LogP contribution in [0.4, 0.5) is 0 Å². The van der Waals surface area contributed by atoms with Crippen molar-refractivity contribution in [2.45, 2.75) is 58.8 Å². The third-order valence-electron chi connectivity index (χ3n) is 2.82. The van der Waals surface area contributed by atoms with Gasteiger partial charge in [-0.15, -0.1) is 23.2 Å². The summed E-state index contributed by atoms with van der Waals surface area (Å²) in [6.07, 6.45) is 4.59. The van der Waals surface area contributed by atoms with Crippen molar-refractivity contribution in [2.75, 3.05) is 6.61 Å². The zero-order valence-corrected chi connectivity index (χ0v) is 18.0. The van der Waals surface area contributed by atoms with Crippen molar-refractivity contribution in [2.24, 2.45) is 11.8 Å². The number of hydrogen-bond acceptors (Lipinski definition) is 5. The Morgan fingerprint density at radius 1 is 1.26 bits per heavy atom. The van der Waals surface area contributed by atoms with Crippen molar-refractivity contribution in [3.8, 4) is 0 Å².